The second-order valence-electron chi connectivity index (χ2n) is 9.04. The van der Waals surface area contributed by atoms with E-state index < -0.39 is 35.0 Å². The van der Waals surface area contributed by atoms with E-state index in [1.54, 1.807) is 48.6 Å². The van der Waals surface area contributed by atoms with Crippen LogP contribution in [0.1, 0.15) is 58.4 Å². The Kier molecular flexibility index (Phi) is 7.46. The van der Waals surface area contributed by atoms with Crippen molar-refractivity contribution >= 4 is 29.3 Å². The molecule has 0 unspecified atom stereocenters. The van der Waals surface area contributed by atoms with Crippen molar-refractivity contribution in [3.63, 3.8) is 0 Å². The summed E-state index contributed by atoms with van der Waals surface area (Å²) in [5, 5.41) is 5.16. The predicted octanol–water partition coefficient (Wildman–Crippen LogP) is 3.23. The van der Waals surface area contributed by atoms with Crippen molar-refractivity contribution in [3.8, 4) is 0 Å². The molecule has 0 aliphatic heterocycles. The molecule has 1 aromatic carbocycles. The van der Waals surface area contributed by atoms with Crippen molar-refractivity contribution in [2.24, 2.45) is 12.5 Å². The number of ketones is 1. The summed E-state index contributed by atoms with van der Waals surface area (Å²) < 4.78 is 19.7. The lowest BCUT2D eigenvalue weighted by molar-refractivity contribution is -0.147. The van der Waals surface area contributed by atoms with Gasteiger partial charge in [0.25, 0.3) is 17.6 Å². The number of anilines is 1. The van der Waals surface area contributed by atoms with Crippen molar-refractivity contribution < 1.29 is 28.3 Å². The number of hydrogen-bond acceptors (Lipinski definition) is 5. The highest BCUT2D eigenvalue weighted by Crippen LogP contribution is 2.25. The zero-order chi connectivity index (χ0) is 25.2. The zero-order valence-electron chi connectivity index (χ0n) is 20.2. The molecule has 1 heterocycles. The summed E-state index contributed by atoms with van der Waals surface area (Å²) in [6.07, 6.45) is 0. The lowest BCUT2D eigenvalue weighted by Gasteiger charge is -2.28. The number of halogens is 1. The summed E-state index contributed by atoms with van der Waals surface area (Å²) in [6.45, 7) is 10.0. The van der Waals surface area contributed by atoms with Gasteiger partial charge in [0.1, 0.15) is 11.9 Å². The molecule has 8 nitrogen and oxygen atoms in total. The molecule has 2 rings (SSSR count). The number of aromatic nitrogens is 1. The van der Waals surface area contributed by atoms with Crippen LogP contribution in [0.3, 0.4) is 0 Å². The van der Waals surface area contributed by atoms with E-state index in [1.165, 1.54) is 29.9 Å². The largest absolute Gasteiger partial charge is 0.467 e. The van der Waals surface area contributed by atoms with Gasteiger partial charge in [-0.05, 0) is 55.5 Å². The number of methoxy groups -OCH3 is 1. The average molecular weight is 460 g/mol. The van der Waals surface area contributed by atoms with E-state index in [0.717, 1.165) is 0 Å². The van der Waals surface area contributed by atoms with Crippen LogP contribution in [0.4, 0.5) is 10.1 Å². The third kappa shape index (κ3) is 5.30. The van der Waals surface area contributed by atoms with E-state index in [2.05, 4.69) is 10.6 Å². The molecule has 33 heavy (non-hydrogen) atoms. The molecule has 0 aliphatic carbocycles. The number of ether oxygens (including phenoxy) is 1. The first-order valence-corrected chi connectivity index (χ1v) is 10.4. The molecule has 2 aromatic rings. The molecule has 0 bridgehead atoms. The van der Waals surface area contributed by atoms with E-state index in [1.807, 2.05) is 0 Å². The van der Waals surface area contributed by atoms with E-state index in [0.29, 0.717) is 22.5 Å². The SMILES string of the molecule is COC(=O)[C@H](NC(=O)C(=O)c1c(C)c(C(=O)Nc2ccc(F)c(C)c2)c(C)n1C)C(C)(C)C. The Bertz CT molecular complexity index is 1130. The number of carbonyl (C=O) groups excluding carboxylic acids is 4. The number of nitrogens with one attached hydrogen (secondary N) is 2. The van der Waals surface area contributed by atoms with Crippen LogP contribution in [0.15, 0.2) is 18.2 Å². The Morgan fingerprint density at radius 2 is 1.70 bits per heavy atom. The minimum atomic E-state index is -1.04. The summed E-state index contributed by atoms with van der Waals surface area (Å²) in [6, 6.07) is 3.15. The van der Waals surface area contributed by atoms with Crippen LogP contribution >= 0.6 is 0 Å². The number of hydrogen-bond donors (Lipinski definition) is 2. The molecule has 9 heteroatoms. The molecular weight excluding hydrogens is 429 g/mol. The molecular formula is C24H30FN3O5. The second-order valence-corrected chi connectivity index (χ2v) is 9.04. The number of nitrogens with zero attached hydrogens (tertiary/aromatic N) is 1. The summed E-state index contributed by atoms with van der Waals surface area (Å²) in [5.41, 5.74) is 1.14. The van der Waals surface area contributed by atoms with Crippen molar-refractivity contribution in [1.29, 1.82) is 0 Å². The van der Waals surface area contributed by atoms with Crippen molar-refractivity contribution in [1.82, 2.24) is 9.88 Å². The van der Waals surface area contributed by atoms with Crippen LogP contribution in [0, 0.1) is 32.0 Å². The number of aryl methyl sites for hydroxylation is 1. The third-order valence-electron chi connectivity index (χ3n) is 5.57. The van der Waals surface area contributed by atoms with Gasteiger partial charge in [0.15, 0.2) is 0 Å². The predicted molar refractivity (Wildman–Crippen MR) is 122 cm³/mol. The van der Waals surface area contributed by atoms with Crippen LogP contribution < -0.4 is 10.6 Å². The van der Waals surface area contributed by atoms with Gasteiger partial charge < -0.3 is 19.9 Å². The molecule has 1 atom stereocenters. The minimum absolute atomic E-state index is 0.0305. The normalized spacial score (nSPS) is 12.2. The molecule has 0 saturated carbocycles. The average Bonchev–Trinajstić information content (AvgIpc) is 2.95. The summed E-state index contributed by atoms with van der Waals surface area (Å²) in [5.74, 6) is -3.41. The standard InChI is InChI=1S/C24H30FN3O5/c1-12-11-15(9-10-16(12)25)26-21(30)17-13(2)18(28(7)14(17)3)19(29)22(31)27-20(23(32)33-8)24(4,5)6/h9-11,20H,1-8H3,(H,26,30)(H,27,31)/t20-/m0/s1. The maximum atomic E-state index is 13.5. The fourth-order valence-corrected chi connectivity index (χ4v) is 3.60. The number of Topliss-reactive ketones (excluding diaryl/α,β-unsaturated/α-hetero) is 1. The summed E-state index contributed by atoms with van der Waals surface area (Å²) in [7, 11) is 2.77. The van der Waals surface area contributed by atoms with Gasteiger partial charge in [0, 0.05) is 18.4 Å². The topological polar surface area (TPSA) is 106 Å². The van der Waals surface area contributed by atoms with E-state index >= 15 is 0 Å². The molecule has 0 radical (unpaired) electrons. The number of esters is 1. The van der Waals surface area contributed by atoms with Gasteiger partial charge in [-0.2, -0.15) is 0 Å². The Morgan fingerprint density at radius 1 is 1.09 bits per heavy atom. The van der Waals surface area contributed by atoms with Gasteiger partial charge in [-0.25, -0.2) is 9.18 Å². The van der Waals surface area contributed by atoms with Crippen molar-refractivity contribution in [2.75, 3.05) is 12.4 Å². The number of benzene rings is 1. The van der Waals surface area contributed by atoms with Gasteiger partial charge in [-0.1, -0.05) is 20.8 Å². The maximum Gasteiger partial charge on any atom is 0.328 e. The molecule has 0 saturated heterocycles. The highest BCUT2D eigenvalue weighted by Gasteiger charge is 2.36. The Labute approximate surface area is 192 Å². The van der Waals surface area contributed by atoms with Gasteiger partial charge in [0.05, 0.1) is 18.4 Å². The quantitative estimate of drug-likeness (QED) is 0.392. The molecule has 2 amide bonds. The fraction of sp³-hybridized carbons (Fsp3) is 0.417. The fourth-order valence-electron chi connectivity index (χ4n) is 3.60. The molecule has 0 spiro atoms. The number of rotatable bonds is 6. The Balaban J connectivity index is 2.36. The maximum absolute atomic E-state index is 13.5. The Hall–Kier alpha value is -3.49. The van der Waals surface area contributed by atoms with Gasteiger partial charge in [0.2, 0.25) is 0 Å². The lowest BCUT2D eigenvalue weighted by atomic mass is 9.86. The smallest absolute Gasteiger partial charge is 0.328 e. The van der Waals surface area contributed by atoms with E-state index in [-0.39, 0.29) is 17.1 Å². The molecule has 2 N–H and O–H groups in total. The first-order valence-electron chi connectivity index (χ1n) is 10.4. The van der Waals surface area contributed by atoms with E-state index in [4.69, 9.17) is 4.74 Å². The molecule has 178 valence electrons. The van der Waals surface area contributed by atoms with Crippen LogP contribution in [-0.4, -0.2) is 41.3 Å². The van der Waals surface area contributed by atoms with Gasteiger partial charge >= 0.3 is 5.97 Å². The highest BCUT2D eigenvalue weighted by atomic mass is 19.1. The zero-order valence-corrected chi connectivity index (χ0v) is 20.2. The molecule has 0 aliphatic rings. The van der Waals surface area contributed by atoms with Crippen LogP contribution in [-0.2, 0) is 21.4 Å². The summed E-state index contributed by atoms with van der Waals surface area (Å²) in [4.78, 5) is 50.9. The molecule has 0 fully saturated rings. The van der Waals surface area contributed by atoms with Crippen LogP contribution in [0.2, 0.25) is 0 Å². The minimum Gasteiger partial charge on any atom is -0.467 e. The van der Waals surface area contributed by atoms with Gasteiger partial charge in [-0.3, -0.25) is 14.4 Å². The van der Waals surface area contributed by atoms with Crippen LogP contribution in [0.5, 0.6) is 0 Å². The summed E-state index contributed by atoms with van der Waals surface area (Å²) >= 11 is 0. The first-order chi connectivity index (χ1) is 15.2. The number of carbonyl (C=O) groups is 4. The third-order valence-corrected chi connectivity index (χ3v) is 5.57. The van der Waals surface area contributed by atoms with Gasteiger partial charge in [-0.15, -0.1) is 0 Å². The monoisotopic (exact) mass is 459 g/mol. The van der Waals surface area contributed by atoms with Crippen molar-refractivity contribution in [2.45, 2.75) is 47.6 Å². The second kappa shape index (κ2) is 9.56. The lowest BCUT2D eigenvalue weighted by Crippen LogP contribution is -2.51. The highest BCUT2D eigenvalue weighted by molar-refractivity contribution is 6.43. The van der Waals surface area contributed by atoms with E-state index in [9.17, 15) is 23.6 Å². The number of amides is 2. The first kappa shape index (κ1) is 25.8. The Morgan fingerprint density at radius 3 is 2.21 bits per heavy atom. The molecule has 1 aromatic heterocycles. The van der Waals surface area contributed by atoms with Crippen molar-refractivity contribution in [3.05, 3.63) is 52.1 Å². The van der Waals surface area contributed by atoms with Crippen LogP contribution in [0.25, 0.3) is 0 Å².